The number of likely N-dealkylation sites (tertiary alicyclic amines) is 1. The van der Waals surface area contributed by atoms with E-state index in [-0.39, 0.29) is 0 Å². The second-order valence-electron chi connectivity index (χ2n) is 7.05. The average Bonchev–Trinajstić information content (AvgIpc) is 2.80. The maximum absolute atomic E-state index is 5.69. The van der Waals surface area contributed by atoms with E-state index in [1.165, 1.54) is 36.2 Å². The highest BCUT2D eigenvalue weighted by Crippen LogP contribution is 2.34. The van der Waals surface area contributed by atoms with Crippen LogP contribution in [0.15, 0.2) is 18.2 Å². The molecule has 2 N–H and O–H groups in total. The Morgan fingerprint density at radius 2 is 2.05 bits per heavy atom. The van der Waals surface area contributed by atoms with Gasteiger partial charge in [0.1, 0.15) is 0 Å². The minimum absolute atomic E-state index is 0.438. The van der Waals surface area contributed by atoms with Gasteiger partial charge >= 0.3 is 0 Å². The van der Waals surface area contributed by atoms with Crippen molar-refractivity contribution >= 4 is 0 Å². The molecule has 1 aromatic rings. The highest BCUT2D eigenvalue weighted by molar-refractivity contribution is 5.31. The molecule has 2 heteroatoms. The van der Waals surface area contributed by atoms with Crippen molar-refractivity contribution in [1.82, 2.24) is 4.90 Å². The second kappa shape index (κ2) is 5.64. The number of benzene rings is 1. The third kappa shape index (κ3) is 3.58. The molecule has 2 rings (SSSR count). The van der Waals surface area contributed by atoms with Gasteiger partial charge in [0.2, 0.25) is 0 Å². The highest BCUT2D eigenvalue weighted by atomic mass is 15.1. The number of hydrogen-bond donors (Lipinski definition) is 1. The summed E-state index contributed by atoms with van der Waals surface area (Å²) in [5.74, 6) is 0.830. The van der Waals surface area contributed by atoms with Crippen LogP contribution in [0.5, 0.6) is 0 Å². The molecule has 1 atom stereocenters. The molecule has 1 aliphatic rings. The summed E-state index contributed by atoms with van der Waals surface area (Å²) in [5, 5.41) is 0. The minimum atomic E-state index is 0.438. The fraction of sp³-hybridized carbons (Fsp3) is 0.647. The molecule has 1 saturated heterocycles. The van der Waals surface area contributed by atoms with Crippen molar-refractivity contribution in [3.8, 4) is 0 Å². The highest BCUT2D eigenvalue weighted by Gasteiger charge is 2.31. The zero-order valence-electron chi connectivity index (χ0n) is 12.9. The Bertz CT molecular complexity index is 431. The van der Waals surface area contributed by atoms with Crippen LogP contribution in [0.4, 0.5) is 0 Å². The van der Waals surface area contributed by atoms with E-state index in [1.807, 2.05) is 0 Å². The SMILES string of the molecule is Cc1cc(CN)ccc1CN1CCC(C(C)(C)C)C1. The van der Waals surface area contributed by atoms with Crippen molar-refractivity contribution in [2.45, 2.75) is 47.2 Å². The zero-order chi connectivity index (χ0) is 14.0. The number of rotatable bonds is 3. The maximum atomic E-state index is 5.69. The van der Waals surface area contributed by atoms with E-state index in [2.05, 4.69) is 50.8 Å². The lowest BCUT2D eigenvalue weighted by Crippen LogP contribution is -2.26. The Hall–Kier alpha value is -0.860. The fourth-order valence-electron chi connectivity index (χ4n) is 2.99. The Kier molecular flexibility index (Phi) is 4.32. The van der Waals surface area contributed by atoms with Gasteiger partial charge in [-0.05, 0) is 47.9 Å². The standard InChI is InChI=1S/C17H28N2/c1-13-9-14(10-18)5-6-15(13)11-19-8-7-16(12-19)17(2,3)4/h5-6,9,16H,7-8,10-12,18H2,1-4H3. The first-order valence-electron chi connectivity index (χ1n) is 7.41. The van der Waals surface area contributed by atoms with Crippen LogP contribution in [0.1, 0.15) is 43.9 Å². The number of aryl methyl sites for hydroxylation is 1. The molecule has 1 aliphatic heterocycles. The molecular weight excluding hydrogens is 232 g/mol. The van der Waals surface area contributed by atoms with Crippen LogP contribution in [-0.4, -0.2) is 18.0 Å². The largest absolute Gasteiger partial charge is 0.326 e. The summed E-state index contributed by atoms with van der Waals surface area (Å²) in [6.07, 6.45) is 1.34. The van der Waals surface area contributed by atoms with Crippen molar-refractivity contribution < 1.29 is 0 Å². The predicted molar refractivity (Wildman–Crippen MR) is 81.9 cm³/mol. The Labute approximate surface area is 118 Å². The molecule has 0 amide bonds. The van der Waals surface area contributed by atoms with Crippen molar-refractivity contribution in [2.75, 3.05) is 13.1 Å². The van der Waals surface area contributed by atoms with Gasteiger partial charge in [0.05, 0.1) is 0 Å². The summed E-state index contributed by atoms with van der Waals surface area (Å²) in [4.78, 5) is 2.60. The lowest BCUT2D eigenvalue weighted by Gasteiger charge is -2.27. The normalized spacial score (nSPS) is 21.0. The van der Waals surface area contributed by atoms with E-state index < -0.39 is 0 Å². The van der Waals surface area contributed by atoms with Gasteiger partial charge in [0.15, 0.2) is 0 Å². The second-order valence-corrected chi connectivity index (χ2v) is 7.05. The minimum Gasteiger partial charge on any atom is -0.326 e. The van der Waals surface area contributed by atoms with Crippen LogP contribution >= 0.6 is 0 Å². The van der Waals surface area contributed by atoms with Gasteiger partial charge in [0, 0.05) is 19.6 Å². The molecule has 1 aromatic carbocycles. The smallest absolute Gasteiger partial charge is 0.0236 e. The summed E-state index contributed by atoms with van der Waals surface area (Å²) in [6.45, 7) is 13.5. The van der Waals surface area contributed by atoms with Crippen LogP contribution in [0, 0.1) is 18.3 Å². The van der Waals surface area contributed by atoms with Crippen LogP contribution in [-0.2, 0) is 13.1 Å². The molecule has 0 saturated carbocycles. The number of hydrogen-bond acceptors (Lipinski definition) is 2. The third-order valence-corrected chi connectivity index (χ3v) is 4.53. The first-order valence-corrected chi connectivity index (χ1v) is 7.41. The van der Waals surface area contributed by atoms with Crippen molar-refractivity contribution in [3.63, 3.8) is 0 Å². The molecule has 0 bridgehead atoms. The summed E-state index contributed by atoms with van der Waals surface area (Å²) in [6, 6.07) is 6.65. The maximum Gasteiger partial charge on any atom is 0.0236 e. The molecule has 1 fully saturated rings. The van der Waals surface area contributed by atoms with E-state index in [9.17, 15) is 0 Å². The van der Waals surface area contributed by atoms with Crippen LogP contribution in [0.3, 0.4) is 0 Å². The molecule has 0 spiro atoms. The van der Waals surface area contributed by atoms with E-state index in [1.54, 1.807) is 0 Å². The molecule has 1 unspecified atom stereocenters. The lowest BCUT2D eigenvalue weighted by atomic mass is 9.80. The van der Waals surface area contributed by atoms with Crippen molar-refractivity contribution in [1.29, 1.82) is 0 Å². The van der Waals surface area contributed by atoms with Gasteiger partial charge in [-0.15, -0.1) is 0 Å². The first kappa shape index (κ1) is 14.5. The van der Waals surface area contributed by atoms with Gasteiger partial charge in [-0.1, -0.05) is 39.0 Å². The van der Waals surface area contributed by atoms with E-state index >= 15 is 0 Å². The number of nitrogens with two attached hydrogens (primary N) is 1. The molecule has 2 nitrogen and oxygen atoms in total. The lowest BCUT2D eigenvalue weighted by molar-refractivity contribution is 0.226. The monoisotopic (exact) mass is 260 g/mol. The van der Waals surface area contributed by atoms with Gasteiger partial charge < -0.3 is 5.73 Å². The quantitative estimate of drug-likeness (QED) is 0.903. The first-order chi connectivity index (χ1) is 8.90. The summed E-state index contributed by atoms with van der Waals surface area (Å²) in [7, 11) is 0. The average molecular weight is 260 g/mol. The molecule has 0 aliphatic carbocycles. The molecule has 106 valence electrons. The summed E-state index contributed by atoms with van der Waals surface area (Å²) < 4.78 is 0. The van der Waals surface area contributed by atoms with Crippen molar-refractivity contribution in [3.05, 3.63) is 34.9 Å². The van der Waals surface area contributed by atoms with Crippen LogP contribution in [0.2, 0.25) is 0 Å². The zero-order valence-corrected chi connectivity index (χ0v) is 12.9. The Morgan fingerprint density at radius 3 is 2.58 bits per heavy atom. The molecule has 1 heterocycles. The Balaban J connectivity index is 1.99. The third-order valence-electron chi connectivity index (χ3n) is 4.53. The van der Waals surface area contributed by atoms with Gasteiger partial charge in [0.25, 0.3) is 0 Å². The van der Waals surface area contributed by atoms with E-state index in [0.29, 0.717) is 12.0 Å². The predicted octanol–water partition coefficient (Wildman–Crippen LogP) is 3.32. The van der Waals surface area contributed by atoms with Crippen LogP contribution < -0.4 is 5.73 Å². The molecule has 0 aromatic heterocycles. The molecule has 0 radical (unpaired) electrons. The van der Waals surface area contributed by atoms with Crippen molar-refractivity contribution in [2.24, 2.45) is 17.1 Å². The van der Waals surface area contributed by atoms with E-state index in [4.69, 9.17) is 5.73 Å². The van der Waals surface area contributed by atoms with Gasteiger partial charge in [-0.25, -0.2) is 0 Å². The van der Waals surface area contributed by atoms with Gasteiger partial charge in [-0.2, -0.15) is 0 Å². The Morgan fingerprint density at radius 1 is 1.32 bits per heavy atom. The molecular formula is C17H28N2. The molecule has 19 heavy (non-hydrogen) atoms. The fourth-order valence-corrected chi connectivity index (χ4v) is 2.99. The topological polar surface area (TPSA) is 29.3 Å². The van der Waals surface area contributed by atoms with Crippen LogP contribution in [0.25, 0.3) is 0 Å². The number of nitrogens with zero attached hydrogens (tertiary/aromatic N) is 1. The summed E-state index contributed by atoms with van der Waals surface area (Å²) in [5.41, 5.74) is 10.2. The van der Waals surface area contributed by atoms with E-state index in [0.717, 1.165) is 12.5 Å². The van der Waals surface area contributed by atoms with Gasteiger partial charge in [-0.3, -0.25) is 4.90 Å². The summed E-state index contributed by atoms with van der Waals surface area (Å²) >= 11 is 0.